The van der Waals surface area contributed by atoms with Crippen LogP contribution in [0.4, 0.5) is 0 Å². The van der Waals surface area contributed by atoms with Crippen molar-refractivity contribution in [2.75, 3.05) is 7.11 Å². The van der Waals surface area contributed by atoms with E-state index in [1.165, 1.54) is 10.5 Å². The third-order valence-corrected chi connectivity index (χ3v) is 4.42. The van der Waals surface area contributed by atoms with Crippen LogP contribution in [0.5, 0.6) is 0 Å². The van der Waals surface area contributed by atoms with Gasteiger partial charge < -0.3 is 0 Å². The third-order valence-electron chi connectivity index (χ3n) is 1.90. The van der Waals surface area contributed by atoms with Gasteiger partial charge in [0.25, 0.3) is 0 Å². The zero-order valence-corrected chi connectivity index (χ0v) is 9.44. The Morgan fingerprint density at radius 1 is 1.38 bits per heavy atom. The second-order valence-electron chi connectivity index (χ2n) is 2.63. The predicted molar refractivity (Wildman–Crippen MR) is 52.2 cm³/mol. The quantitative estimate of drug-likeness (QED) is 0.589. The second kappa shape index (κ2) is 3.53. The molecule has 0 spiro atoms. The maximum absolute atomic E-state index is 11.3. The first-order chi connectivity index (χ1) is 6.33. The van der Waals surface area contributed by atoms with Crippen molar-refractivity contribution in [2.45, 2.75) is 0 Å². The summed E-state index contributed by atoms with van der Waals surface area (Å²) in [5.41, 5.74) is 0.693. The number of fused-ring (bicyclic) bond motifs is 1. The topological polar surface area (TPSA) is 26.3 Å². The monoisotopic (exact) mass is 290 g/mol. The van der Waals surface area contributed by atoms with E-state index in [0.717, 1.165) is 5.39 Å². The summed E-state index contributed by atoms with van der Waals surface area (Å²) in [6.45, 7) is 0. The van der Waals surface area contributed by atoms with Crippen LogP contribution in [-0.4, -0.2) is 33.5 Å². The number of benzene rings is 1. The summed E-state index contributed by atoms with van der Waals surface area (Å²) in [7, 11) is 1.41. The Morgan fingerprint density at radius 2 is 2.23 bits per heavy atom. The van der Waals surface area contributed by atoms with Crippen molar-refractivity contribution in [3.8, 4) is 0 Å². The van der Waals surface area contributed by atoms with Gasteiger partial charge in [0.2, 0.25) is 0 Å². The van der Waals surface area contributed by atoms with E-state index in [-0.39, 0.29) is 26.4 Å². The summed E-state index contributed by atoms with van der Waals surface area (Å²) in [4.78, 5) is 11.3. The van der Waals surface area contributed by atoms with Crippen molar-refractivity contribution in [3.05, 3.63) is 33.9 Å². The van der Waals surface area contributed by atoms with Crippen LogP contribution in [0.2, 0.25) is 0 Å². The molecule has 0 radical (unpaired) electrons. The molecule has 0 amide bonds. The van der Waals surface area contributed by atoms with Crippen LogP contribution in [0, 0.1) is 0 Å². The molecule has 0 aliphatic rings. The van der Waals surface area contributed by atoms with Crippen molar-refractivity contribution in [2.24, 2.45) is 0 Å². The molecule has 0 saturated carbocycles. The molecule has 0 atom stereocenters. The molecular weight excluding hydrogens is 280 g/mol. The Labute approximate surface area is 85.7 Å². The molecule has 0 fully saturated rings. The van der Waals surface area contributed by atoms with Gasteiger partial charge >= 0.3 is 85.7 Å². The van der Waals surface area contributed by atoms with E-state index in [9.17, 15) is 4.79 Å². The van der Waals surface area contributed by atoms with Crippen molar-refractivity contribution in [3.63, 3.8) is 0 Å². The fourth-order valence-corrected chi connectivity index (χ4v) is 3.60. The number of esters is 1. The van der Waals surface area contributed by atoms with Crippen LogP contribution >= 0.6 is 0 Å². The van der Waals surface area contributed by atoms with E-state index in [4.69, 9.17) is 4.74 Å². The second-order valence-corrected chi connectivity index (χ2v) is 5.33. The van der Waals surface area contributed by atoms with Crippen molar-refractivity contribution >= 4 is 35.2 Å². The summed E-state index contributed by atoms with van der Waals surface area (Å²) in [6.07, 6.45) is 0. The predicted octanol–water partition coefficient (Wildman–Crippen LogP) is 1.68. The number of carbonyl (C=O) groups is 1. The van der Waals surface area contributed by atoms with Gasteiger partial charge in [-0.25, -0.2) is 0 Å². The van der Waals surface area contributed by atoms with Gasteiger partial charge in [-0.15, -0.1) is 0 Å². The van der Waals surface area contributed by atoms with E-state index in [1.807, 2.05) is 18.2 Å². The van der Waals surface area contributed by atoms with Gasteiger partial charge in [-0.2, -0.15) is 0 Å². The molecule has 66 valence electrons. The zero-order chi connectivity index (χ0) is 9.26. The number of methoxy groups -OCH3 is 1. The SMILES string of the molecule is COC(=O)c1cccc2[te]ccc12. The molecule has 0 saturated heterocycles. The van der Waals surface area contributed by atoms with Crippen LogP contribution in [0.15, 0.2) is 28.3 Å². The van der Waals surface area contributed by atoms with E-state index in [0.29, 0.717) is 5.56 Å². The molecule has 2 rings (SSSR count). The van der Waals surface area contributed by atoms with Gasteiger partial charge in [0.1, 0.15) is 0 Å². The summed E-state index contributed by atoms with van der Waals surface area (Å²) >= 11 is -0.183. The molecule has 1 heterocycles. The number of ether oxygens (including phenoxy) is 1. The molecular formula is C10H8O2Te. The fourth-order valence-electron chi connectivity index (χ4n) is 1.28. The van der Waals surface area contributed by atoms with Crippen LogP contribution in [0.3, 0.4) is 0 Å². The molecule has 2 nitrogen and oxygen atoms in total. The number of hydrogen-bond donors (Lipinski definition) is 0. The normalized spacial score (nSPS) is 10.2. The summed E-state index contributed by atoms with van der Waals surface area (Å²) < 4.78 is 8.21. The number of hydrogen-bond acceptors (Lipinski definition) is 2. The molecule has 0 bridgehead atoms. The minimum absolute atomic E-state index is 0.183. The zero-order valence-electron chi connectivity index (χ0n) is 7.11. The van der Waals surface area contributed by atoms with Gasteiger partial charge in [0, 0.05) is 0 Å². The Morgan fingerprint density at radius 3 is 3.00 bits per heavy atom. The first kappa shape index (κ1) is 8.80. The molecule has 1 aromatic heterocycles. The van der Waals surface area contributed by atoms with E-state index < -0.39 is 0 Å². The first-order valence-corrected chi connectivity index (χ1v) is 6.38. The fraction of sp³-hybridized carbons (Fsp3) is 0.100. The van der Waals surface area contributed by atoms with Crippen LogP contribution in [-0.2, 0) is 4.74 Å². The van der Waals surface area contributed by atoms with Crippen LogP contribution in [0.1, 0.15) is 10.4 Å². The summed E-state index contributed by atoms with van der Waals surface area (Å²) in [5.74, 6) is -0.240. The number of rotatable bonds is 1. The molecule has 0 N–H and O–H groups in total. The van der Waals surface area contributed by atoms with E-state index >= 15 is 0 Å². The van der Waals surface area contributed by atoms with E-state index in [1.54, 1.807) is 0 Å². The van der Waals surface area contributed by atoms with Gasteiger partial charge in [0.15, 0.2) is 0 Å². The molecule has 0 unspecified atom stereocenters. The van der Waals surface area contributed by atoms with Crippen LogP contribution in [0.25, 0.3) is 8.79 Å². The van der Waals surface area contributed by atoms with E-state index in [2.05, 4.69) is 10.1 Å². The average molecular weight is 288 g/mol. The molecule has 0 aliphatic heterocycles. The standard InChI is InChI=1S/C10H8O2Te/c1-12-10(11)8-3-2-4-9-7(8)5-6-13-9/h2-6H,1H3. The number of carbonyl (C=O) groups excluding carboxylic acids is 1. The molecule has 1 aromatic carbocycles. The summed E-state index contributed by atoms with van der Waals surface area (Å²) in [6, 6.07) is 7.85. The van der Waals surface area contributed by atoms with Gasteiger partial charge in [0.05, 0.1) is 0 Å². The van der Waals surface area contributed by atoms with Crippen molar-refractivity contribution in [1.82, 2.24) is 0 Å². The van der Waals surface area contributed by atoms with Gasteiger partial charge in [-0.05, 0) is 0 Å². The minimum atomic E-state index is -0.240. The molecule has 3 heteroatoms. The van der Waals surface area contributed by atoms with Crippen LogP contribution < -0.4 is 0 Å². The molecule has 0 aliphatic carbocycles. The maximum atomic E-state index is 11.3. The Balaban J connectivity index is 2.67. The average Bonchev–Trinajstić information content (AvgIpc) is 2.63. The van der Waals surface area contributed by atoms with Gasteiger partial charge in [-0.3, -0.25) is 0 Å². The Kier molecular flexibility index (Phi) is 2.39. The Bertz CT molecular complexity index is 445. The summed E-state index contributed by atoms with van der Waals surface area (Å²) in [5, 5.41) is 1.07. The molecule has 13 heavy (non-hydrogen) atoms. The molecule has 2 aromatic rings. The third kappa shape index (κ3) is 1.50. The van der Waals surface area contributed by atoms with Gasteiger partial charge in [-0.1, -0.05) is 0 Å². The van der Waals surface area contributed by atoms with Crippen molar-refractivity contribution < 1.29 is 9.53 Å². The first-order valence-electron chi connectivity index (χ1n) is 3.87. The van der Waals surface area contributed by atoms with Crippen molar-refractivity contribution in [1.29, 1.82) is 0 Å². The Hall–Kier alpha value is -0.780.